The molecule has 3 aromatic rings. The van der Waals surface area contributed by atoms with Gasteiger partial charge in [-0.15, -0.1) is 0 Å². The molecule has 1 aliphatic heterocycles. The van der Waals surface area contributed by atoms with Gasteiger partial charge in [0.05, 0.1) is 28.4 Å². The number of para-hydroxylation sites is 1. The topological polar surface area (TPSA) is 42.4 Å². The summed E-state index contributed by atoms with van der Waals surface area (Å²) in [6.45, 7) is 1.06. The first kappa shape index (κ1) is 17.6. The Bertz CT molecular complexity index is 923. The Balaban J connectivity index is 1.74. The summed E-state index contributed by atoms with van der Waals surface area (Å²) in [4.78, 5) is 19.3. The highest BCUT2D eigenvalue weighted by atomic mass is 79.9. The van der Waals surface area contributed by atoms with Gasteiger partial charge in [0.2, 0.25) is 0 Å². The molecule has 0 saturated carbocycles. The van der Waals surface area contributed by atoms with Crippen molar-refractivity contribution in [2.75, 3.05) is 18.1 Å². The fraction of sp³-hybridized carbons (Fsp3) is 0.263. The summed E-state index contributed by atoms with van der Waals surface area (Å²) in [6.07, 6.45) is 1.80. The number of nitrogens with zero attached hydrogens (tertiary/aromatic N) is 2. The summed E-state index contributed by atoms with van der Waals surface area (Å²) in [6, 6.07) is 12.1. The maximum atomic E-state index is 14.3. The van der Waals surface area contributed by atoms with Gasteiger partial charge in [-0.25, -0.2) is 9.37 Å². The number of carbonyl (C=O) groups excluding carboxylic acids is 1. The van der Waals surface area contributed by atoms with Crippen molar-refractivity contribution in [1.82, 2.24) is 4.98 Å². The fourth-order valence-corrected chi connectivity index (χ4v) is 4.36. The van der Waals surface area contributed by atoms with Crippen LogP contribution in [0.15, 0.2) is 46.9 Å². The Morgan fingerprint density at radius 3 is 2.96 bits per heavy atom. The molecule has 1 atom stereocenters. The molecule has 0 N–H and O–H groups in total. The number of fused-ring (bicyclic) bond motifs is 1. The van der Waals surface area contributed by atoms with Crippen molar-refractivity contribution in [1.29, 1.82) is 0 Å². The van der Waals surface area contributed by atoms with E-state index in [2.05, 4.69) is 20.9 Å². The third-order valence-electron chi connectivity index (χ3n) is 4.33. The zero-order valence-electron chi connectivity index (χ0n) is 13.8. The van der Waals surface area contributed by atoms with E-state index in [1.54, 1.807) is 11.0 Å². The summed E-state index contributed by atoms with van der Waals surface area (Å²) >= 11 is 4.74. The molecule has 1 saturated heterocycles. The van der Waals surface area contributed by atoms with E-state index in [1.807, 2.05) is 24.3 Å². The standard InChI is InChI=1S/C19H16BrFN2O2S/c20-12-7-8-15(21)14(10-12)18(24)23(11-13-4-3-9-25-13)19-22-16-5-1-2-6-17(16)26-19/h1-2,5-8,10,13H,3-4,9,11H2/t13-/m1/s1. The molecule has 4 rings (SSSR count). The molecule has 1 aromatic heterocycles. The van der Waals surface area contributed by atoms with Crippen molar-refractivity contribution in [2.24, 2.45) is 0 Å². The number of ether oxygens (including phenoxy) is 1. The first-order valence-electron chi connectivity index (χ1n) is 8.36. The lowest BCUT2D eigenvalue weighted by molar-refractivity contribution is 0.0914. The van der Waals surface area contributed by atoms with Crippen molar-refractivity contribution in [2.45, 2.75) is 18.9 Å². The Labute approximate surface area is 162 Å². The molecular weight excluding hydrogens is 419 g/mol. The van der Waals surface area contributed by atoms with Crippen molar-refractivity contribution >= 4 is 48.5 Å². The molecule has 1 fully saturated rings. The molecule has 4 nitrogen and oxygen atoms in total. The van der Waals surface area contributed by atoms with Crippen molar-refractivity contribution in [3.8, 4) is 0 Å². The maximum absolute atomic E-state index is 14.3. The molecule has 2 aromatic carbocycles. The molecular formula is C19H16BrFN2O2S. The average molecular weight is 435 g/mol. The highest BCUT2D eigenvalue weighted by molar-refractivity contribution is 9.10. The summed E-state index contributed by atoms with van der Waals surface area (Å²) in [5, 5.41) is 0.561. The van der Waals surface area contributed by atoms with Crippen molar-refractivity contribution in [3.63, 3.8) is 0 Å². The Morgan fingerprint density at radius 2 is 2.19 bits per heavy atom. The first-order valence-corrected chi connectivity index (χ1v) is 9.97. The van der Waals surface area contributed by atoms with Crippen molar-refractivity contribution in [3.05, 3.63) is 58.3 Å². The van der Waals surface area contributed by atoms with E-state index >= 15 is 0 Å². The molecule has 1 aliphatic rings. The maximum Gasteiger partial charge on any atom is 0.263 e. The number of amides is 1. The quantitative estimate of drug-likeness (QED) is 0.578. The van der Waals surface area contributed by atoms with E-state index in [9.17, 15) is 9.18 Å². The second-order valence-electron chi connectivity index (χ2n) is 6.14. The van der Waals surface area contributed by atoms with E-state index in [0.717, 1.165) is 23.1 Å². The van der Waals surface area contributed by atoms with Gasteiger partial charge in [0.1, 0.15) is 5.82 Å². The van der Waals surface area contributed by atoms with Gasteiger partial charge in [-0.3, -0.25) is 9.69 Å². The monoisotopic (exact) mass is 434 g/mol. The van der Waals surface area contributed by atoms with E-state index in [-0.39, 0.29) is 11.7 Å². The Morgan fingerprint density at radius 1 is 1.35 bits per heavy atom. The van der Waals surface area contributed by atoms with Crippen molar-refractivity contribution < 1.29 is 13.9 Å². The number of benzene rings is 2. The lowest BCUT2D eigenvalue weighted by Gasteiger charge is -2.23. The predicted octanol–water partition coefficient (Wildman–Crippen LogP) is 5.02. The number of carbonyl (C=O) groups is 1. The van der Waals surface area contributed by atoms with E-state index in [0.29, 0.717) is 22.8 Å². The van der Waals surface area contributed by atoms with Crippen LogP contribution < -0.4 is 4.90 Å². The minimum absolute atomic E-state index is 0.0247. The second kappa shape index (κ2) is 7.42. The van der Waals surface area contributed by atoms with Crippen LogP contribution >= 0.6 is 27.3 Å². The molecule has 0 radical (unpaired) electrons. The van der Waals surface area contributed by atoms with Gasteiger partial charge >= 0.3 is 0 Å². The first-order chi connectivity index (χ1) is 12.6. The Hall–Kier alpha value is -1.83. The number of rotatable bonds is 4. The number of halogens is 2. The van der Waals surface area contributed by atoms with Crippen LogP contribution in [0.5, 0.6) is 0 Å². The Kier molecular flexibility index (Phi) is 5.02. The summed E-state index contributed by atoms with van der Waals surface area (Å²) in [5.74, 6) is -0.949. The lowest BCUT2D eigenvalue weighted by Crippen LogP contribution is -2.38. The molecule has 0 unspecified atom stereocenters. The normalized spacial score (nSPS) is 16.9. The summed E-state index contributed by atoms with van der Waals surface area (Å²) < 4.78 is 21.6. The largest absolute Gasteiger partial charge is 0.376 e. The van der Waals surface area contributed by atoms with Gasteiger partial charge in [-0.2, -0.15) is 0 Å². The molecule has 0 bridgehead atoms. The van der Waals surface area contributed by atoms with Crippen LogP contribution in [0, 0.1) is 5.82 Å². The van der Waals surface area contributed by atoms with Crippen LogP contribution in [0.2, 0.25) is 0 Å². The second-order valence-corrected chi connectivity index (χ2v) is 8.06. The lowest BCUT2D eigenvalue weighted by atomic mass is 10.1. The highest BCUT2D eigenvalue weighted by Gasteiger charge is 2.28. The third kappa shape index (κ3) is 3.51. The number of aromatic nitrogens is 1. The molecule has 134 valence electrons. The number of hydrogen-bond donors (Lipinski definition) is 0. The van der Waals surface area contributed by atoms with Crippen LogP contribution in [0.25, 0.3) is 10.2 Å². The molecule has 1 amide bonds. The van der Waals surface area contributed by atoms with E-state index in [1.165, 1.54) is 23.5 Å². The smallest absolute Gasteiger partial charge is 0.263 e. The third-order valence-corrected chi connectivity index (χ3v) is 5.88. The molecule has 2 heterocycles. The summed E-state index contributed by atoms with van der Waals surface area (Å²) in [7, 11) is 0. The van der Waals surface area contributed by atoms with Gasteiger partial charge in [0, 0.05) is 11.1 Å². The number of hydrogen-bond acceptors (Lipinski definition) is 4. The van der Waals surface area contributed by atoms with E-state index in [4.69, 9.17) is 4.74 Å². The van der Waals surface area contributed by atoms with Gasteiger partial charge < -0.3 is 4.74 Å². The molecule has 0 aliphatic carbocycles. The van der Waals surface area contributed by atoms with Gasteiger partial charge in [0.15, 0.2) is 5.13 Å². The van der Waals surface area contributed by atoms with Crippen LogP contribution in [0.4, 0.5) is 9.52 Å². The van der Waals surface area contributed by atoms with Crippen LogP contribution in [-0.4, -0.2) is 30.1 Å². The molecule has 26 heavy (non-hydrogen) atoms. The average Bonchev–Trinajstić information content (AvgIpc) is 3.30. The molecule has 7 heteroatoms. The molecule has 0 spiro atoms. The SMILES string of the molecule is O=C(c1cc(Br)ccc1F)N(C[C@H]1CCCO1)c1nc2ccccc2s1. The van der Waals surface area contributed by atoms with Gasteiger partial charge in [0.25, 0.3) is 5.91 Å². The van der Waals surface area contributed by atoms with Crippen LogP contribution in [0.3, 0.4) is 0 Å². The summed E-state index contributed by atoms with van der Waals surface area (Å²) in [5.41, 5.74) is 0.851. The minimum atomic E-state index is -0.545. The minimum Gasteiger partial charge on any atom is -0.376 e. The van der Waals surface area contributed by atoms with Gasteiger partial charge in [-0.05, 0) is 43.2 Å². The number of thiazole rings is 1. The van der Waals surface area contributed by atoms with E-state index < -0.39 is 11.7 Å². The number of anilines is 1. The highest BCUT2D eigenvalue weighted by Crippen LogP contribution is 2.31. The predicted molar refractivity (Wildman–Crippen MR) is 104 cm³/mol. The fourth-order valence-electron chi connectivity index (χ4n) is 3.02. The van der Waals surface area contributed by atoms with Gasteiger partial charge in [-0.1, -0.05) is 39.4 Å². The zero-order chi connectivity index (χ0) is 18.1. The van der Waals surface area contributed by atoms with Crippen LogP contribution in [0.1, 0.15) is 23.2 Å². The van der Waals surface area contributed by atoms with Crippen LogP contribution in [-0.2, 0) is 4.74 Å². The zero-order valence-corrected chi connectivity index (χ0v) is 16.2.